The molecule has 0 spiro atoms. The molecule has 110 valence electrons. The van der Waals surface area contributed by atoms with Crippen LogP contribution in [-0.2, 0) is 7.05 Å². The van der Waals surface area contributed by atoms with Crippen molar-refractivity contribution in [3.05, 3.63) is 53.6 Å². The highest BCUT2D eigenvalue weighted by Crippen LogP contribution is 2.15. The Hall–Kier alpha value is -3.07. The molecule has 0 N–H and O–H groups in total. The third-order valence-electron chi connectivity index (χ3n) is 3.27. The van der Waals surface area contributed by atoms with Crippen LogP contribution in [0.3, 0.4) is 0 Å². The maximum atomic E-state index is 12.3. The molecule has 6 heteroatoms. The van der Waals surface area contributed by atoms with Crippen molar-refractivity contribution in [2.75, 3.05) is 0 Å². The fourth-order valence-electron chi connectivity index (χ4n) is 2.00. The summed E-state index contributed by atoms with van der Waals surface area (Å²) in [6, 6.07) is 7.60. The second-order valence-corrected chi connectivity index (χ2v) is 4.79. The second kappa shape index (κ2) is 6.14. The molecule has 0 saturated heterocycles. The molecule has 1 aromatic heterocycles. The molecule has 2 rings (SSSR count). The highest BCUT2D eigenvalue weighted by atomic mass is 16.2. The molecule has 0 radical (unpaired) electrons. The fourth-order valence-corrected chi connectivity index (χ4v) is 2.00. The van der Waals surface area contributed by atoms with Crippen LogP contribution in [-0.4, -0.2) is 26.9 Å². The molecule has 22 heavy (non-hydrogen) atoms. The molecule has 0 aliphatic carbocycles. The molecule has 1 unspecified atom stereocenters. The van der Waals surface area contributed by atoms with Crippen molar-refractivity contribution in [1.82, 2.24) is 9.55 Å². The Morgan fingerprint density at radius 1 is 1.14 bits per heavy atom. The van der Waals surface area contributed by atoms with Crippen LogP contribution in [0.15, 0.2) is 36.7 Å². The van der Waals surface area contributed by atoms with Gasteiger partial charge in [-0.2, -0.15) is 5.26 Å². The Morgan fingerprint density at radius 2 is 1.73 bits per heavy atom. The number of carbonyl (C=O) groups excluding carboxylic acids is 3. The van der Waals surface area contributed by atoms with E-state index in [1.807, 2.05) is 0 Å². The van der Waals surface area contributed by atoms with Gasteiger partial charge in [0, 0.05) is 30.6 Å². The number of Topliss-reactive ketones (excluding diaryl/α,β-unsaturated/α-hetero) is 3. The van der Waals surface area contributed by atoms with Gasteiger partial charge in [-0.15, -0.1) is 0 Å². The van der Waals surface area contributed by atoms with Gasteiger partial charge in [-0.1, -0.05) is 24.3 Å². The zero-order chi connectivity index (χ0) is 16.3. The maximum Gasteiger partial charge on any atom is 0.223 e. The number of aryl methyl sites for hydroxylation is 1. The molecule has 1 heterocycles. The Labute approximate surface area is 127 Å². The lowest BCUT2D eigenvalue weighted by Crippen LogP contribution is -2.25. The van der Waals surface area contributed by atoms with E-state index in [4.69, 9.17) is 0 Å². The molecular weight excluding hydrogens is 282 g/mol. The zero-order valence-electron chi connectivity index (χ0n) is 12.1. The third-order valence-corrected chi connectivity index (χ3v) is 3.27. The van der Waals surface area contributed by atoms with Gasteiger partial charge in [-0.25, -0.2) is 4.98 Å². The van der Waals surface area contributed by atoms with Gasteiger partial charge >= 0.3 is 0 Å². The summed E-state index contributed by atoms with van der Waals surface area (Å²) in [5.41, 5.74) is 0.666. The van der Waals surface area contributed by atoms with Gasteiger partial charge in [0.2, 0.25) is 5.78 Å². The van der Waals surface area contributed by atoms with E-state index in [1.54, 1.807) is 19.3 Å². The van der Waals surface area contributed by atoms with E-state index in [2.05, 4.69) is 4.98 Å². The van der Waals surface area contributed by atoms with Crippen molar-refractivity contribution in [3.8, 4) is 6.07 Å². The maximum absolute atomic E-state index is 12.3. The highest BCUT2D eigenvalue weighted by Gasteiger charge is 2.30. The standard InChI is InChI=1S/C16H13N3O3/c1-10(20)11-3-5-12(6-4-11)14(21)13(9-17)15(22)16-18-7-8-19(16)2/h3-8,13H,1-2H3. The summed E-state index contributed by atoms with van der Waals surface area (Å²) in [4.78, 5) is 39.7. The van der Waals surface area contributed by atoms with E-state index in [1.165, 1.54) is 42.0 Å². The number of aromatic nitrogens is 2. The number of nitriles is 1. The topological polar surface area (TPSA) is 92.8 Å². The lowest BCUT2D eigenvalue weighted by molar-refractivity contribution is 0.0837. The van der Waals surface area contributed by atoms with E-state index in [0.29, 0.717) is 5.56 Å². The van der Waals surface area contributed by atoms with E-state index in [-0.39, 0.29) is 17.2 Å². The van der Waals surface area contributed by atoms with Crippen LogP contribution in [0.5, 0.6) is 0 Å². The summed E-state index contributed by atoms with van der Waals surface area (Å²) in [5.74, 6) is -2.77. The van der Waals surface area contributed by atoms with Crippen LogP contribution in [0, 0.1) is 17.2 Å². The van der Waals surface area contributed by atoms with Crippen molar-refractivity contribution in [2.24, 2.45) is 13.0 Å². The van der Waals surface area contributed by atoms with Crippen LogP contribution < -0.4 is 0 Å². The predicted octanol–water partition coefficient (Wildman–Crippen LogP) is 1.83. The van der Waals surface area contributed by atoms with Crippen LogP contribution in [0.4, 0.5) is 0 Å². The molecule has 0 aliphatic heterocycles. The van der Waals surface area contributed by atoms with E-state index in [9.17, 15) is 19.6 Å². The van der Waals surface area contributed by atoms with Crippen LogP contribution in [0.2, 0.25) is 0 Å². The quantitative estimate of drug-likeness (QED) is 0.619. The van der Waals surface area contributed by atoms with Gasteiger partial charge in [0.1, 0.15) is 0 Å². The third kappa shape index (κ3) is 2.83. The van der Waals surface area contributed by atoms with Crippen molar-refractivity contribution in [1.29, 1.82) is 5.26 Å². The Balaban J connectivity index is 2.30. The van der Waals surface area contributed by atoms with E-state index >= 15 is 0 Å². The molecular formula is C16H13N3O3. The molecule has 1 atom stereocenters. The molecule has 2 aromatic rings. The Bertz CT molecular complexity index is 782. The van der Waals surface area contributed by atoms with Crippen molar-refractivity contribution < 1.29 is 14.4 Å². The average molecular weight is 295 g/mol. The van der Waals surface area contributed by atoms with E-state index < -0.39 is 17.5 Å². The summed E-state index contributed by atoms with van der Waals surface area (Å²) in [7, 11) is 1.61. The minimum atomic E-state index is -1.45. The summed E-state index contributed by atoms with van der Waals surface area (Å²) in [5, 5.41) is 9.18. The zero-order valence-corrected chi connectivity index (χ0v) is 12.1. The van der Waals surface area contributed by atoms with Crippen LogP contribution in [0.25, 0.3) is 0 Å². The van der Waals surface area contributed by atoms with Crippen molar-refractivity contribution in [2.45, 2.75) is 6.92 Å². The Morgan fingerprint density at radius 3 is 2.18 bits per heavy atom. The van der Waals surface area contributed by atoms with Gasteiger partial charge in [0.15, 0.2) is 23.3 Å². The smallest absolute Gasteiger partial charge is 0.223 e. The number of ketones is 3. The van der Waals surface area contributed by atoms with Gasteiger partial charge < -0.3 is 4.57 Å². The molecule has 6 nitrogen and oxygen atoms in total. The largest absolute Gasteiger partial charge is 0.332 e. The number of rotatable bonds is 5. The van der Waals surface area contributed by atoms with Gasteiger partial charge in [-0.3, -0.25) is 14.4 Å². The number of nitrogens with zero attached hydrogens (tertiary/aromatic N) is 3. The first-order chi connectivity index (χ1) is 10.5. The molecule has 0 fully saturated rings. The predicted molar refractivity (Wildman–Crippen MR) is 77.4 cm³/mol. The summed E-state index contributed by atoms with van der Waals surface area (Å²) >= 11 is 0. The molecule has 0 bridgehead atoms. The van der Waals surface area contributed by atoms with Gasteiger partial charge in [0.05, 0.1) is 6.07 Å². The van der Waals surface area contributed by atoms with Crippen molar-refractivity contribution in [3.63, 3.8) is 0 Å². The van der Waals surface area contributed by atoms with Gasteiger partial charge in [-0.05, 0) is 6.92 Å². The van der Waals surface area contributed by atoms with E-state index in [0.717, 1.165) is 0 Å². The fraction of sp³-hybridized carbons (Fsp3) is 0.188. The average Bonchev–Trinajstić information content (AvgIpc) is 2.94. The number of hydrogen-bond donors (Lipinski definition) is 0. The molecule has 0 amide bonds. The number of hydrogen-bond acceptors (Lipinski definition) is 5. The lowest BCUT2D eigenvalue weighted by Gasteiger charge is -2.08. The number of carbonyl (C=O) groups is 3. The van der Waals surface area contributed by atoms with Crippen molar-refractivity contribution >= 4 is 17.3 Å². The minimum Gasteiger partial charge on any atom is -0.332 e. The van der Waals surface area contributed by atoms with Gasteiger partial charge in [0.25, 0.3) is 0 Å². The normalized spacial score (nSPS) is 11.5. The lowest BCUT2D eigenvalue weighted by atomic mass is 9.93. The molecule has 0 aliphatic rings. The van der Waals surface area contributed by atoms with Crippen LogP contribution >= 0.6 is 0 Å². The summed E-state index contributed by atoms with van der Waals surface area (Å²) in [6.07, 6.45) is 2.99. The molecule has 1 aromatic carbocycles. The Kier molecular flexibility index (Phi) is 4.28. The summed E-state index contributed by atoms with van der Waals surface area (Å²) < 4.78 is 1.46. The highest BCUT2D eigenvalue weighted by molar-refractivity contribution is 6.17. The molecule has 0 saturated carbocycles. The van der Waals surface area contributed by atoms with Crippen LogP contribution in [0.1, 0.15) is 38.3 Å². The first-order valence-corrected chi connectivity index (χ1v) is 6.52. The number of imidazole rings is 1. The number of benzene rings is 1. The second-order valence-electron chi connectivity index (χ2n) is 4.79. The first kappa shape index (κ1) is 15.3. The minimum absolute atomic E-state index is 0.0558. The monoisotopic (exact) mass is 295 g/mol. The SMILES string of the molecule is CC(=O)c1ccc(C(=O)C(C#N)C(=O)c2nccn2C)cc1. The summed E-state index contributed by atoms with van der Waals surface area (Å²) in [6.45, 7) is 1.42. The first-order valence-electron chi connectivity index (χ1n) is 6.52.